The van der Waals surface area contributed by atoms with Crippen LogP contribution in [0.3, 0.4) is 0 Å². The van der Waals surface area contributed by atoms with Gasteiger partial charge in [0.1, 0.15) is 5.25 Å². The molecule has 19 heavy (non-hydrogen) atoms. The minimum atomic E-state index is -4.33. The lowest BCUT2D eigenvalue weighted by molar-refractivity contribution is -0.125. The Hall–Kier alpha value is -0.960. The first-order valence-corrected chi connectivity index (χ1v) is 6.76. The van der Waals surface area contributed by atoms with Crippen LogP contribution in [0.1, 0.15) is 19.8 Å². The summed E-state index contributed by atoms with van der Waals surface area (Å²) in [6.45, 7) is 1.90. The highest BCUT2D eigenvalue weighted by molar-refractivity contribution is 7.99. The quantitative estimate of drug-likeness (QED) is 0.861. The van der Waals surface area contributed by atoms with Gasteiger partial charge in [0.2, 0.25) is 0 Å². The lowest BCUT2D eigenvalue weighted by Crippen LogP contribution is -2.27. The molecule has 1 saturated heterocycles. The molecule has 0 aromatic carbocycles. The van der Waals surface area contributed by atoms with Crippen molar-refractivity contribution < 1.29 is 17.9 Å². The molecule has 2 rings (SSSR count). The zero-order valence-electron chi connectivity index (χ0n) is 10.2. The third kappa shape index (κ3) is 3.53. The van der Waals surface area contributed by atoms with Crippen molar-refractivity contribution in [3.8, 4) is 0 Å². The minimum absolute atomic E-state index is 0.0466. The molecular formula is C10H14F3N3O2S. The average molecular weight is 297 g/mol. The molecule has 2 heterocycles. The number of nitrogens with zero attached hydrogens (tertiary/aromatic N) is 2. The van der Waals surface area contributed by atoms with Gasteiger partial charge in [0, 0.05) is 6.61 Å². The van der Waals surface area contributed by atoms with Crippen LogP contribution in [-0.2, 0) is 11.3 Å². The summed E-state index contributed by atoms with van der Waals surface area (Å²) in [5.41, 5.74) is -0.507. The predicted octanol–water partition coefficient (Wildman–Crippen LogP) is 1.79. The Balaban J connectivity index is 2.10. The number of ether oxygens (including phenoxy) is 1. The summed E-state index contributed by atoms with van der Waals surface area (Å²) in [7, 11) is 0. The Kier molecular flexibility index (Phi) is 4.24. The first-order chi connectivity index (χ1) is 8.88. The Morgan fingerprint density at radius 3 is 2.95 bits per heavy atom. The molecule has 108 valence electrons. The standard InChI is InChI=1S/C10H14F3N3O2S/c1-6(10(11,12)13)19-9-15-14-8(17)16(9)5-7-3-2-4-18-7/h6-7H,2-5H2,1H3,(H,14,17)/t6-,7+/m0/s1. The molecule has 1 aliphatic heterocycles. The number of H-pyrrole nitrogens is 1. The summed E-state index contributed by atoms with van der Waals surface area (Å²) >= 11 is 0.521. The lowest BCUT2D eigenvalue weighted by Gasteiger charge is -2.15. The highest BCUT2D eigenvalue weighted by atomic mass is 32.2. The van der Waals surface area contributed by atoms with Crippen LogP contribution >= 0.6 is 11.8 Å². The van der Waals surface area contributed by atoms with E-state index in [1.807, 2.05) is 0 Å². The summed E-state index contributed by atoms with van der Waals surface area (Å²) in [6, 6.07) is 0. The van der Waals surface area contributed by atoms with E-state index in [0.29, 0.717) is 18.4 Å². The molecule has 0 spiro atoms. The van der Waals surface area contributed by atoms with Crippen molar-refractivity contribution in [2.75, 3.05) is 6.61 Å². The van der Waals surface area contributed by atoms with Gasteiger partial charge in [-0.2, -0.15) is 13.2 Å². The van der Waals surface area contributed by atoms with Crippen LogP contribution in [-0.4, -0.2) is 38.9 Å². The fraction of sp³-hybridized carbons (Fsp3) is 0.800. The van der Waals surface area contributed by atoms with Gasteiger partial charge in [-0.15, -0.1) is 5.10 Å². The summed E-state index contributed by atoms with van der Waals surface area (Å²) in [6.07, 6.45) is -2.75. The molecule has 1 aliphatic rings. The molecule has 1 fully saturated rings. The van der Waals surface area contributed by atoms with Gasteiger partial charge < -0.3 is 4.74 Å². The van der Waals surface area contributed by atoms with Crippen LogP contribution in [0.2, 0.25) is 0 Å². The van der Waals surface area contributed by atoms with Gasteiger partial charge in [-0.25, -0.2) is 9.89 Å². The first kappa shape index (κ1) is 14.4. The van der Waals surface area contributed by atoms with Gasteiger partial charge in [0.05, 0.1) is 12.6 Å². The first-order valence-electron chi connectivity index (χ1n) is 5.88. The summed E-state index contributed by atoms with van der Waals surface area (Å²) < 4.78 is 44.1. The van der Waals surface area contributed by atoms with Crippen molar-refractivity contribution in [1.82, 2.24) is 14.8 Å². The Labute approximate surface area is 111 Å². The molecule has 2 atom stereocenters. The molecular weight excluding hydrogens is 283 g/mol. The second kappa shape index (κ2) is 5.58. The van der Waals surface area contributed by atoms with Crippen molar-refractivity contribution >= 4 is 11.8 Å². The van der Waals surface area contributed by atoms with Crippen molar-refractivity contribution in [3.63, 3.8) is 0 Å². The average Bonchev–Trinajstić information content (AvgIpc) is 2.92. The van der Waals surface area contributed by atoms with Gasteiger partial charge in [0.25, 0.3) is 0 Å². The smallest absolute Gasteiger partial charge is 0.376 e. The van der Waals surface area contributed by atoms with Crippen molar-refractivity contribution in [2.45, 2.75) is 49.0 Å². The van der Waals surface area contributed by atoms with Gasteiger partial charge in [-0.3, -0.25) is 4.57 Å². The van der Waals surface area contributed by atoms with E-state index in [2.05, 4.69) is 10.2 Å². The van der Waals surface area contributed by atoms with E-state index in [9.17, 15) is 18.0 Å². The fourth-order valence-electron chi connectivity index (χ4n) is 1.77. The molecule has 1 aromatic heterocycles. The van der Waals surface area contributed by atoms with Crippen molar-refractivity contribution in [2.24, 2.45) is 0 Å². The molecule has 0 bridgehead atoms. The molecule has 1 N–H and O–H groups in total. The van der Waals surface area contributed by atoms with Crippen LogP contribution in [0.5, 0.6) is 0 Å². The van der Waals surface area contributed by atoms with Gasteiger partial charge in [-0.1, -0.05) is 11.8 Å². The van der Waals surface area contributed by atoms with E-state index in [1.165, 1.54) is 4.57 Å². The molecule has 0 radical (unpaired) electrons. The van der Waals surface area contributed by atoms with Gasteiger partial charge >= 0.3 is 11.9 Å². The largest absolute Gasteiger partial charge is 0.400 e. The zero-order valence-corrected chi connectivity index (χ0v) is 11.1. The lowest BCUT2D eigenvalue weighted by atomic mass is 10.2. The van der Waals surface area contributed by atoms with Crippen LogP contribution in [0.15, 0.2) is 9.95 Å². The molecule has 0 unspecified atom stereocenters. The van der Waals surface area contributed by atoms with Crippen molar-refractivity contribution in [1.29, 1.82) is 0 Å². The van der Waals surface area contributed by atoms with E-state index in [1.54, 1.807) is 0 Å². The van der Waals surface area contributed by atoms with E-state index in [-0.39, 0.29) is 17.8 Å². The highest BCUT2D eigenvalue weighted by Crippen LogP contribution is 2.33. The maximum absolute atomic E-state index is 12.5. The Morgan fingerprint density at radius 1 is 1.63 bits per heavy atom. The van der Waals surface area contributed by atoms with Crippen LogP contribution in [0.25, 0.3) is 0 Å². The molecule has 0 amide bonds. The SMILES string of the molecule is C[C@H](Sc1n[nH]c(=O)n1C[C@H]1CCCO1)C(F)(F)F. The highest BCUT2D eigenvalue weighted by Gasteiger charge is 2.38. The zero-order chi connectivity index (χ0) is 14.0. The molecule has 9 heteroatoms. The second-order valence-corrected chi connectivity index (χ2v) is 5.67. The summed E-state index contributed by atoms with van der Waals surface area (Å²) in [4.78, 5) is 11.6. The normalized spacial score (nSPS) is 21.8. The molecule has 5 nitrogen and oxygen atoms in total. The number of hydrogen-bond acceptors (Lipinski definition) is 4. The Bertz CT molecular complexity index is 479. The predicted molar refractivity (Wildman–Crippen MR) is 63.2 cm³/mol. The molecule has 0 saturated carbocycles. The van der Waals surface area contributed by atoms with Crippen LogP contribution < -0.4 is 5.69 Å². The van der Waals surface area contributed by atoms with Gasteiger partial charge in [0.15, 0.2) is 5.16 Å². The second-order valence-electron chi connectivity index (χ2n) is 4.36. The maximum atomic E-state index is 12.5. The third-order valence-electron chi connectivity index (χ3n) is 2.88. The topological polar surface area (TPSA) is 59.9 Å². The number of thioether (sulfide) groups is 1. The van der Waals surface area contributed by atoms with Crippen LogP contribution in [0, 0.1) is 0 Å². The van der Waals surface area contributed by atoms with E-state index >= 15 is 0 Å². The third-order valence-corrected chi connectivity index (χ3v) is 4.02. The summed E-state index contributed by atoms with van der Waals surface area (Å²) in [5, 5.41) is 4.25. The fourth-order valence-corrected chi connectivity index (χ4v) is 2.60. The molecule has 1 aromatic rings. The van der Waals surface area contributed by atoms with Gasteiger partial charge in [-0.05, 0) is 19.8 Å². The molecule has 0 aliphatic carbocycles. The number of aromatic amines is 1. The number of hydrogen-bond donors (Lipinski definition) is 1. The minimum Gasteiger partial charge on any atom is -0.376 e. The number of nitrogens with one attached hydrogen (secondary N) is 1. The van der Waals surface area contributed by atoms with Crippen molar-refractivity contribution in [3.05, 3.63) is 10.5 Å². The summed E-state index contributed by atoms with van der Waals surface area (Å²) in [5.74, 6) is 0. The number of alkyl halides is 3. The number of aromatic nitrogens is 3. The van der Waals surface area contributed by atoms with E-state index < -0.39 is 17.1 Å². The maximum Gasteiger partial charge on any atom is 0.400 e. The van der Waals surface area contributed by atoms with Crippen LogP contribution in [0.4, 0.5) is 13.2 Å². The Morgan fingerprint density at radius 2 is 2.37 bits per heavy atom. The van der Waals surface area contributed by atoms with E-state index in [4.69, 9.17) is 4.74 Å². The van der Waals surface area contributed by atoms with E-state index in [0.717, 1.165) is 19.8 Å². The monoisotopic (exact) mass is 297 g/mol. The number of halogens is 3. The number of rotatable bonds is 4.